The summed E-state index contributed by atoms with van der Waals surface area (Å²) in [6.45, 7) is -0.0269. The zero-order valence-electron chi connectivity index (χ0n) is 28.9. The van der Waals surface area contributed by atoms with E-state index in [-0.39, 0.29) is 18.5 Å². The monoisotopic (exact) mass is 701 g/mol. The van der Waals surface area contributed by atoms with Gasteiger partial charge in [-0.05, 0) is 92.7 Å². The third-order valence-electron chi connectivity index (χ3n) is 9.38. The number of carboxylic acid groups (broad SMARTS) is 1. The summed E-state index contributed by atoms with van der Waals surface area (Å²) in [5.41, 5.74) is 1.96. The van der Waals surface area contributed by atoms with Gasteiger partial charge in [-0.3, -0.25) is 4.90 Å². The summed E-state index contributed by atoms with van der Waals surface area (Å²) >= 11 is 0. The van der Waals surface area contributed by atoms with Gasteiger partial charge in [0.2, 0.25) is 11.5 Å². The van der Waals surface area contributed by atoms with Crippen LogP contribution in [0.4, 0.5) is 4.79 Å². The van der Waals surface area contributed by atoms with Crippen molar-refractivity contribution in [2.45, 2.75) is 18.6 Å². The molecule has 1 unspecified atom stereocenters. The van der Waals surface area contributed by atoms with Gasteiger partial charge in [0.15, 0.2) is 11.5 Å². The molecular weight excluding hydrogens is 666 g/mol. The van der Waals surface area contributed by atoms with E-state index in [2.05, 4.69) is 10.3 Å². The molecule has 0 saturated heterocycles. The first-order chi connectivity index (χ1) is 25.3. The van der Waals surface area contributed by atoms with Crippen LogP contribution in [0, 0.1) is 0 Å². The first-order valence-electron chi connectivity index (χ1n) is 16.4. The predicted molar refractivity (Wildman–Crippen MR) is 192 cm³/mol. The van der Waals surface area contributed by atoms with E-state index in [9.17, 15) is 14.7 Å². The second-order valence-corrected chi connectivity index (χ2v) is 12.1. The van der Waals surface area contributed by atoms with Gasteiger partial charge in [-0.1, -0.05) is 48.5 Å². The van der Waals surface area contributed by atoms with Gasteiger partial charge in [-0.25, -0.2) is 14.2 Å². The van der Waals surface area contributed by atoms with Crippen LogP contribution in [0.1, 0.15) is 22.3 Å². The molecule has 5 aromatic carbocycles. The molecule has 0 saturated carbocycles. The summed E-state index contributed by atoms with van der Waals surface area (Å²) in [7, 11) is 6.07. The number of amides is 1. The molecule has 0 spiro atoms. The van der Waals surface area contributed by atoms with E-state index in [1.54, 1.807) is 54.6 Å². The van der Waals surface area contributed by atoms with Crippen LogP contribution in [0.2, 0.25) is 0 Å². The highest BCUT2D eigenvalue weighted by molar-refractivity contribution is 6.21. The third-order valence-corrected chi connectivity index (χ3v) is 9.38. The molecule has 1 aromatic heterocycles. The lowest BCUT2D eigenvalue weighted by atomic mass is 9.84. The topological polar surface area (TPSA) is 143 Å². The fraction of sp³-hybridized carbons (Fsp3) is 0.200. The summed E-state index contributed by atoms with van der Waals surface area (Å²) in [4.78, 5) is 29.3. The predicted octanol–water partition coefficient (Wildman–Crippen LogP) is 7.04. The molecule has 1 atom stereocenters. The maximum atomic E-state index is 14.4. The minimum Gasteiger partial charge on any atom is -0.497 e. The zero-order valence-corrected chi connectivity index (χ0v) is 28.9. The lowest BCUT2D eigenvalue weighted by Crippen LogP contribution is -2.52. The van der Waals surface area contributed by atoms with E-state index < -0.39 is 17.8 Å². The molecule has 0 bridgehead atoms. The maximum Gasteiger partial charge on any atom is 0.410 e. The first kappa shape index (κ1) is 33.9. The molecule has 12 heteroatoms. The summed E-state index contributed by atoms with van der Waals surface area (Å²) < 4.78 is 33.7. The minimum atomic E-state index is -1.92. The number of rotatable bonds is 12. The SMILES string of the molecule is COc1ccc(C2(N(CCc3cccc4ccccc34)C(=O)O)OC(=O)C(c3ccc4nonc4c3)=C2Cc2cc(OC)c(OC)c(OC)c2)cc1. The quantitative estimate of drug-likeness (QED) is 0.131. The molecule has 6 aromatic rings. The number of carbonyl (C=O) groups excluding carboxylic acids is 1. The Labute approximate surface area is 298 Å². The molecule has 2 heterocycles. The van der Waals surface area contributed by atoms with E-state index in [0.29, 0.717) is 62.7 Å². The first-order valence-corrected chi connectivity index (χ1v) is 16.4. The molecule has 52 heavy (non-hydrogen) atoms. The smallest absolute Gasteiger partial charge is 0.410 e. The fourth-order valence-electron chi connectivity index (χ4n) is 6.97. The maximum absolute atomic E-state index is 14.4. The normalized spacial score (nSPS) is 15.5. The fourth-order valence-corrected chi connectivity index (χ4v) is 6.97. The molecular formula is C40H35N3O9. The number of fused-ring (bicyclic) bond motifs is 2. The van der Waals surface area contributed by atoms with Gasteiger partial charge in [0.25, 0.3) is 0 Å². The molecule has 0 aliphatic carbocycles. The van der Waals surface area contributed by atoms with Crippen molar-refractivity contribution >= 4 is 39.4 Å². The Morgan fingerprint density at radius 1 is 0.808 bits per heavy atom. The second kappa shape index (κ2) is 14.0. The largest absolute Gasteiger partial charge is 0.497 e. The van der Waals surface area contributed by atoms with Gasteiger partial charge in [0.05, 0.1) is 34.0 Å². The Hall–Kier alpha value is -6.56. The molecule has 0 fully saturated rings. The third kappa shape index (κ3) is 5.87. The number of aromatic nitrogens is 2. The number of carbonyl (C=O) groups is 2. The number of hydrogen-bond acceptors (Lipinski definition) is 10. The summed E-state index contributed by atoms with van der Waals surface area (Å²) in [6, 6.07) is 29.3. The van der Waals surface area contributed by atoms with Gasteiger partial charge in [0.1, 0.15) is 16.8 Å². The van der Waals surface area contributed by atoms with Crippen molar-refractivity contribution < 1.29 is 43.0 Å². The summed E-state index contributed by atoms with van der Waals surface area (Å²) in [5.74, 6) is 0.987. The standard InChI is InChI=1S/C40H35N3O9/c1-47-29-15-13-28(14-16-29)40(43(39(45)46)19-18-26-10-7-9-25-8-5-6-11-30(25)26)31(20-24-21-34(48-2)37(50-4)35(22-24)49-3)36(38(44)51-40)27-12-17-32-33(23-27)42-52-41-32/h5-17,21-23H,18-20H2,1-4H3,(H,45,46). The number of hydrogen-bond donors (Lipinski definition) is 1. The summed E-state index contributed by atoms with van der Waals surface area (Å²) in [5, 5.41) is 21.1. The second-order valence-electron chi connectivity index (χ2n) is 12.1. The lowest BCUT2D eigenvalue weighted by molar-refractivity contribution is -0.161. The number of nitrogens with zero attached hydrogens (tertiary/aromatic N) is 3. The molecule has 7 rings (SSSR count). The number of benzene rings is 5. The van der Waals surface area contributed by atoms with E-state index in [1.807, 2.05) is 42.5 Å². The summed E-state index contributed by atoms with van der Waals surface area (Å²) in [6.07, 6.45) is -0.924. The molecule has 12 nitrogen and oxygen atoms in total. The van der Waals surface area contributed by atoms with Crippen LogP contribution >= 0.6 is 0 Å². The van der Waals surface area contributed by atoms with Crippen LogP contribution in [0.3, 0.4) is 0 Å². The Bertz CT molecular complexity index is 2300. The average molecular weight is 702 g/mol. The van der Waals surface area contributed by atoms with E-state index >= 15 is 0 Å². The van der Waals surface area contributed by atoms with Crippen molar-refractivity contribution in [2.24, 2.45) is 0 Å². The van der Waals surface area contributed by atoms with Crippen molar-refractivity contribution in [2.75, 3.05) is 35.0 Å². The van der Waals surface area contributed by atoms with Gasteiger partial charge >= 0.3 is 12.1 Å². The van der Waals surface area contributed by atoms with Crippen LogP contribution in [-0.4, -0.2) is 67.4 Å². The van der Waals surface area contributed by atoms with Crippen LogP contribution in [0.5, 0.6) is 23.0 Å². The average Bonchev–Trinajstić information content (AvgIpc) is 3.76. The van der Waals surface area contributed by atoms with E-state index in [4.69, 9.17) is 28.3 Å². The highest BCUT2D eigenvalue weighted by atomic mass is 16.6. The lowest BCUT2D eigenvalue weighted by Gasteiger charge is -2.40. The molecule has 0 radical (unpaired) electrons. The molecule has 1 aliphatic rings. The van der Waals surface area contributed by atoms with Crippen molar-refractivity contribution in [3.63, 3.8) is 0 Å². The van der Waals surface area contributed by atoms with Crippen molar-refractivity contribution in [1.29, 1.82) is 0 Å². The van der Waals surface area contributed by atoms with Crippen LogP contribution in [0.25, 0.3) is 27.4 Å². The van der Waals surface area contributed by atoms with Gasteiger partial charge in [0, 0.05) is 24.1 Å². The zero-order chi connectivity index (χ0) is 36.4. The Morgan fingerprint density at radius 2 is 1.52 bits per heavy atom. The van der Waals surface area contributed by atoms with E-state index in [0.717, 1.165) is 16.3 Å². The highest BCUT2D eigenvalue weighted by Crippen LogP contribution is 2.50. The number of esters is 1. The van der Waals surface area contributed by atoms with Crippen LogP contribution in [0.15, 0.2) is 107 Å². The Kier molecular flexibility index (Phi) is 9.12. The van der Waals surface area contributed by atoms with Gasteiger partial charge in [-0.2, -0.15) is 0 Å². The van der Waals surface area contributed by atoms with Crippen molar-refractivity contribution in [3.05, 3.63) is 125 Å². The van der Waals surface area contributed by atoms with Crippen LogP contribution < -0.4 is 18.9 Å². The Morgan fingerprint density at radius 3 is 2.21 bits per heavy atom. The molecule has 264 valence electrons. The van der Waals surface area contributed by atoms with Crippen LogP contribution in [-0.2, 0) is 28.1 Å². The van der Waals surface area contributed by atoms with E-state index in [1.165, 1.54) is 33.3 Å². The number of cyclic esters (lactones) is 1. The minimum absolute atomic E-state index is 0.0269. The Balaban J connectivity index is 1.47. The molecule has 1 aliphatic heterocycles. The van der Waals surface area contributed by atoms with Gasteiger partial charge in [-0.15, -0.1) is 0 Å². The van der Waals surface area contributed by atoms with Crippen molar-refractivity contribution in [3.8, 4) is 23.0 Å². The number of ether oxygens (including phenoxy) is 5. The van der Waals surface area contributed by atoms with Crippen molar-refractivity contribution in [1.82, 2.24) is 15.2 Å². The molecule has 1 amide bonds. The number of methoxy groups -OCH3 is 4. The van der Waals surface area contributed by atoms with Gasteiger partial charge < -0.3 is 28.8 Å². The molecule has 1 N–H and O–H groups in total. The highest BCUT2D eigenvalue weighted by Gasteiger charge is 2.55.